The molecule has 0 saturated heterocycles. The van der Waals surface area contributed by atoms with E-state index >= 15 is 0 Å². The monoisotopic (exact) mass is 359 g/mol. The molecule has 0 spiro atoms. The Morgan fingerprint density at radius 1 is 1.12 bits per heavy atom. The van der Waals surface area contributed by atoms with E-state index in [4.69, 9.17) is 10.5 Å². The van der Waals surface area contributed by atoms with Crippen LogP contribution in [0.5, 0.6) is 11.5 Å². The minimum Gasteiger partial charge on any atom is -0.508 e. The predicted octanol–water partition coefficient (Wildman–Crippen LogP) is 3.88. The number of ether oxygens (including phenoxy) is 1. The molecule has 2 aromatic rings. The number of rotatable bonds is 7. The number of phenolic OH excluding ortho intramolecular Hbond substituents is 1. The number of hydrogen-bond acceptors (Lipinski definition) is 4. The van der Waals surface area contributed by atoms with Crippen molar-refractivity contribution in [3.8, 4) is 11.5 Å². The highest BCUT2D eigenvalue weighted by Crippen LogP contribution is 2.23. The van der Waals surface area contributed by atoms with Crippen molar-refractivity contribution in [1.82, 2.24) is 0 Å². The van der Waals surface area contributed by atoms with Gasteiger partial charge in [-0.3, -0.25) is 0 Å². The molecule has 2 rings (SSSR count). The number of nitrogens with two attached hydrogens (primary N) is 1. The van der Waals surface area contributed by atoms with E-state index in [-0.39, 0.29) is 18.2 Å². The van der Waals surface area contributed by atoms with Crippen LogP contribution in [-0.2, 0) is 17.6 Å². The van der Waals surface area contributed by atoms with E-state index in [1.54, 1.807) is 30.3 Å². The van der Waals surface area contributed by atoms with E-state index in [1.807, 2.05) is 18.2 Å². The van der Waals surface area contributed by atoms with Crippen molar-refractivity contribution in [2.75, 3.05) is 0 Å². The van der Waals surface area contributed by atoms with Gasteiger partial charge in [0.05, 0.1) is 0 Å². The number of carbonyl (C=O) groups is 1. The van der Waals surface area contributed by atoms with Gasteiger partial charge < -0.3 is 15.6 Å². The smallest absolute Gasteiger partial charge is 0.332 e. The molecule has 3 N–H and O–H groups in total. The number of aromatic hydroxyl groups is 1. The minimum absolute atomic E-state index is 0. The fraction of sp³-hybridized carbons (Fsp3) is 0.150. The lowest BCUT2D eigenvalue weighted by Gasteiger charge is -2.13. The Morgan fingerprint density at radius 3 is 2.36 bits per heavy atom. The van der Waals surface area contributed by atoms with Crippen LogP contribution in [0.1, 0.15) is 22.7 Å². The molecule has 0 heterocycles. The average molecular weight is 360 g/mol. The summed E-state index contributed by atoms with van der Waals surface area (Å²) in [6.07, 6.45) is 4.73. The molecule has 2 aromatic carbocycles. The molecule has 1 unspecified atom stereocenters. The molecule has 0 bridgehead atoms. The van der Waals surface area contributed by atoms with Gasteiger partial charge >= 0.3 is 5.97 Å². The van der Waals surface area contributed by atoms with Gasteiger partial charge in [-0.05, 0) is 53.8 Å². The molecule has 1 atom stereocenters. The zero-order valence-corrected chi connectivity index (χ0v) is 14.7. The highest BCUT2D eigenvalue weighted by atomic mass is 35.5. The first-order valence-electron chi connectivity index (χ1n) is 7.65. The number of esters is 1. The Labute approximate surface area is 154 Å². The Balaban J connectivity index is 0.00000312. The number of halogens is 1. The molecule has 5 heteroatoms. The second kappa shape index (κ2) is 9.67. The molecule has 0 saturated carbocycles. The van der Waals surface area contributed by atoms with Gasteiger partial charge in [0.1, 0.15) is 17.5 Å². The van der Waals surface area contributed by atoms with Gasteiger partial charge in [0.25, 0.3) is 0 Å². The molecule has 132 valence electrons. The van der Waals surface area contributed by atoms with E-state index in [0.29, 0.717) is 23.3 Å². The summed E-state index contributed by atoms with van der Waals surface area (Å²) in [4.78, 5) is 12.2. The molecule has 25 heavy (non-hydrogen) atoms. The Kier molecular flexibility index (Phi) is 7.92. The van der Waals surface area contributed by atoms with Crippen molar-refractivity contribution in [2.45, 2.75) is 18.9 Å². The third-order valence-corrected chi connectivity index (χ3v) is 3.60. The van der Waals surface area contributed by atoms with Crippen LogP contribution in [0, 0.1) is 0 Å². The summed E-state index contributed by atoms with van der Waals surface area (Å²) in [6.45, 7) is 7.33. The Hall–Kier alpha value is -2.56. The normalized spacial score (nSPS) is 11.1. The maximum absolute atomic E-state index is 12.2. The zero-order valence-electron chi connectivity index (χ0n) is 13.9. The number of carbonyl (C=O) groups excluding carboxylic acids is 1. The molecule has 0 aliphatic rings. The molecule has 4 nitrogen and oxygen atoms in total. The first-order chi connectivity index (χ1) is 11.5. The molecule has 0 aliphatic carbocycles. The van der Waals surface area contributed by atoms with Crippen LogP contribution in [0.3, 0.4) is 0 Å². The molecule has 0 radical (unpaired) electrons. The number of allylic oxidation sites excluding steroid dienone is 2. The van der Waals surface area contributed by atoms with Crippen LogP contribution >= 0.6 is 12.4 Å². The van der Waals surface area contributed by atoms with E-state index in [2.05, 4.69) is 13.2 Å². The van der Waals surface area contributed by atoms with Gasteiger partial charge in [-0.15, -0.1) is 25.6 Å². The number of benzene rings is 2. The largest absolute Gasteiger partial charge is 0.508 e. The lowest BCUT2D eigenvalue weighted by atomic mass is 10.0. The summed E-state index contributed by atoms with van der Waals surface area (Å²) < 4.78 is 5.32. The molecular weight excluding hydrogens is 338 g/mol. The molecular formula is C20H22ClNO3. The van der Waals surface area contributed by atoms with Crippen molar-refractivity contribution in [3.05, 3.63) is 84.5 Å². The van der Waals surface area contributed by atoms with Crippen LogP contribution in [0.25, 0.3) is 0 Å². The van der Waals surface area contributed by atoms with E-state index < -0.39 is 12.0 Å². The fourth-order valence-corrected chi connectivity index (χ4v) is 2.29. The van der Waals surface area contributed by atoms with Gasteiger partial charge in [-0.25, -0.2) is 4.79 Å². The lowest BCUT2D eigenvalue weighted by molar-refractivity contribution is -0.136. The SMILES string of the molecule is C=CCc1ccc(OC(=O)C(N)c2ccc(O)c(CC=C)c2)cc1.Cl. The van der Waals surface area contributed by atoms with E-state index in [0.717, 1.165) is 12.0 Å². The third kappa shape index (κ3) is 5.48. The van der Waals surface area contributed by atoms with Crippen LogP contribution in [0.4, 0.5) is 0 Å². The zero-order chi connectivity index (χ0) is 17.5. The second-order valence-electron chi connectivity index (χ2n) is 5.42. The predicted molar refractivity (Wildman–Crippen MR) is 102 cm³/mol. The van der Waals surface area contributed by atoms with Crippen molar-refractivity contribution in [1.29, 1.82) is 0 Å². The maximum atomic E-state index is 12.2. The summed E-state index contributed by atoms with van der Waals surface area (Å²) >= 11 is 0. The van der Waals surface area contributed by atoms with E-state index in [1.165, 1.54) is 6.07 Å². The van der Waals surface area contributed by atoms with Gasteiger partial charge in [-0.2, -0.15) is 0 Å². The van der Waals surface area contributed by atoms with Crippen molar-refractivity contribution in [2.24, 2.45) is 5.73 Å². The van der Waals surface area contributed by atoms with Crippen LogP contribution < -0.4 is 10.5 Å². The van der Waals surface area contributed by atoms with Crippen molar-refractivity contribution >= 4 is 18.4 Å². The first kappa shape index (κ1) is 20.5. The van der Waals surface area contributed by atoms with Gasteiger partial charge in [-0.1, -0.05) is 30.4 Å². The molecule has 0 aliphatic heterocycles. The van der Waals surface area contributed by atoms with Crippen LogP contribution in [0.15, 0.2) is 67.8 Å². The summed E-state index contributed by atoms with van der Waals surface area (Å²) in [5, 5.41) is 9.78. The average Bonchev–Trinajstić information content (AvgIpc) is 2.58. The summed E-state index contributed by atoms with van der Waals surface area (Å²) in [5.74, 6) is 0.0343. The van der Waals surface area contributed by atoms with Crippen LogP contribution in [0.2, 0.25) is 0 Å². The second-order valence-corrected chi connectivity index (χ2v) is 5.42. The summed E-state index contributed by atoms with van der Waals surface area (Å²) in [5.41, 5.74) is 8.32. The van der Waals surface area contributed by atoms with Gasteiger partial charge in [0.15, 0.2) is 0 Å². The van der Waals surface area contributed by atoms with Crippen molar-refractivity contribution < 1.29 is 14.6 Å². The standard InChI is InChI=1S/C20H21NO3.ClH/c1-3-5-14-7-10-17(11-8-14)24-20(23)19(21)16-9-12-18(22)15(13-16)6-4-2;/h3-4,7-13,19,22H,1-2,5-6,21H2;1H. The number of hydrogen-bond donors (Lipinski definition) is 2. The topological polar surface area (TPSA) is 72.5 Å². The summed E-state index contributed by atoms with van der Waals surface area (Å²) in [7, 11) is 0. The van der Waals surface area contributed by atoms with Crippen molar-refractivity contribution in [3.63, 3.8) is 0 Å². The molecule has 0 fully saturated rings. The third-order valence-electron chi connectivity index (χ3n) is 3.60. The maximum Gasteiger partial charge on any atom is 0.332 e. The lowest BCUT2D eigenvalue weighted by Crippen LogP contribution is -2.26. The summed E-state index contributed by atoms with van der Waals surface area (Å²) in [6, 6.07) is 11.1. The highest BCUT2D eigenvalue weighted by Gasteiger charge is 2.19. The quantitative estimate of drug-likeness (QED) is 0.447. The fourth-order valence-electron chi connectivity index (χ4n) is 2.29. The Morgan fingerprint density at radius 2 is 1.76 bits per heavy atom. The Bertz CT molecular complexity index is 741. The van der Waals surface area contributed by atoms with Crippen LogP contribution in [-0.4, -0.2) is 11.1 Å². The minimum atomic E-state index is -0.929. The first-order valence-corrected chi connectivity index (χ1v) is 7.65. The van der Waals surface area contributed by atoms with Gasteiger partial charge in [0.2, 0.25) is 0 Å². The molecule has 0 amide bonds. The van der Waals surface area contributed by atoms with Gasteiger partial charge in [0, 0.05) is 0 Å². The highest BCUT2D eigenvalue weighted by molar-refractivity contribution is 5.85. The van der Waals surface area contributed by atoms with E-state index in [9.17, 15) is 9.90 Å². The number of phenols is 1. The molecule has 0 aromatic heterocycles.